The maximum absolute atomic E-state index is 13.5. The number of hydrogen-bond acceptors (Lipinski definition) is 4. The highest BCUT2D eigenvalue weighted by Gasteiger charge is 2.36. The highest BCUT2D eigenvalue weighted by molar-refractivity contribution is 5.84. The summed E-state index contributed by atoms with van der Waals surface area (Å²) in [4.78, 5) is 18.5. The van der Waals surface area contributed by atoms with Gasteiger partial charge in [0.15, 0.2) is 11.8 Å². The van der Waals surface area contributed by atoms with Crippen LogP contribution in [0.5, 0.6) is 5.88 Å². The molecule has 1 atom stereocenters. The van der Waals surface area contributed by atoms with Gasteiger partial charge in [-0.3, -0.25) is 9.48 Å². The average Bonchev–Trinajstić information content (AvgIpc) is 2.80. The fraction of sp³-hybridized carbons (Fsp3) is 0.611. The second kappa shape index (κ2) is 7.36. The topological polar surface area (TPSA) is 60.2 Å². The maximum Gasteiger partial charge on any atom is 0.417 e. The molecule has 9 heteroatoms. The fourth-order valence-corrected chi connectivity index (χ4v) is 3.49. The summed E-state index contributed by atoms with van der Waals surface area (Å²) < 4.78 is 47.4. The van der Waals surface area contributed by atoms with Gasteiger partial charge >= 0.3 is 6.18 Å². The molecule has 27 heavy (non-hydrogen) atoms. The summed E-state index contributed by atoms with van der Waals surface area (Å²) in [6.45, 7) is 4.34. The van der Waals surface area contributed by atoms with Crippen molar-refractivity contribution in [3.05, 3.63) is 17.3 Å². The number of carbonyl (C=O) groups is 1. The molecule has 1 amide bonds. The number of halogens is 3. The van der Waals surface area contributed by atoms with E-state index in [1.807, 2.05) is 0 Å². The van der Waals surface area contributed by atoms with E-state index in [1.165, 1.54) is 18.7 Å². The van der Waals surface area contributed by atoms with Crippen LogP contribution in [0, 0.1) is 6.92 Å². The first-order chi connectivity index (χ1) is 12.7. The minimum atomic E-state index is -4.58. The van der Waals surface area contributed by atoms with Gasteiger partial charge in [0.25, 0.3) is 5.91 Å². The number of nitrogens with zero attached hydrogens (tertiary/aromatic N) is 4. The Hall–Kier alpha value is -2.32. The van der Waals surface area contributed by atoms with Crippen LogP contribution in [0.4, 0.5) is 13.2 Å². The van der Waals surface area contributed by atoms with E-state index in [-0.39, 0.29) is 28.5 Å². The SMILES string of the molecule is Cc1nn(C)c2nc(O[C@H](C)C(=O)N3CCCCCC3)cc(C(F)(F)F)c12. The van der Waals surface area contributed by atoms with E-state index in [0.29, 0.717) is 13.1 Å². The first-order valence-electron chi connectivity index (χ1n) is 9.05. The number of ether oxygens (including phenoxy) is 1. The van der Waals surface area contributed by atoms with Gasteiger partial charge in [0.1, 0.15) is 0 Å². The van der Waals surface area contributed by atoms with Crippen molar-refractivity contribution in [2.45, 2.75) is 51.8 Å². The molecule has 0 radical (unpaired) electrons. The van der Waals surface area contributed by atoms with Crippen LogP contribution in [0.3, 0.4) is 0 Å². The number of pyridine rings is 1. The van der Waals surface area contributed by atoms with Crippen molar-refractivity contribution in [2.24, 2.45) is 7.05 Å². The summed E-state index contributed by atoms with van der Waals surface area (Å²) in [5, 5.41) is 3.98. The molecule has 6 nitrogen and oxygen atoms in total. The third-order valence-electron chi connectivity index (χ3n) is 4.81. The molecule has 0 bridgehead atoms. The number of alkyl halides is 3. The van der Waals surface area contributed by atoms with Gasteiger partial charge in [-0.05, 0) is 26.7 Å². The molecule has 0 aromatic carbocycles. The lowest BCUT2D eigenvalue weighted by Gasteiger charge is -2.24. The number of likely N-dealkylation sites (tertiary alicyclic amines) is 1. The van der Waals surface area contributed by atoms with Crippen LogP contribution in [0.2, 0.25) is 0 Å². The van der Waals surface area contributed by atoms with Gasteiger partial charge in [-0.15, -0.1) is 0 Å². The summed E-state index contributed by atoms with van der Waals surface area (Å²) in [7, 11) is 1.53. The lowest BCUT2D eigenvalue weighted by molar-refractivity contribution is -0.138. The Morgan fingerprint density at radius 3 is 2.44 bits per heavy atom. The monoisotopic (exact) mass is 384 g/mol. The summed E-state index contributed by atoms with van der Waals surface area (Å²) in [6.07, 6.45) is -1.49. The van der Waals surface area contributed by atoms with E-state index in [1.54, 1.807) is 11.8 Å². The number of aryl methyl sites for hydroxylation is 2. The smallest absolute Gasteiger partial charge is 0.417 e. The number of carbonyl (C=O) groups excluding carboxylic acids is 1. The minimum Gasteiger partial charge on any atom is -0.464 e. The van der Waals surface area contributed by atoms with Crippen LogP contribution in [0.15, 0.2) is 6.07 Å². The lowest BCUT2D eigenvalue weighted by atomic mass is 10.1. The first kappa shape index (κ1) is 19.4. The van der Waals surface area contributed by atoms with Crippen LogP contribution in [0.1, 0.15) is 43.9 Å². The zero-order valence-corrected chi connectivity index (χ0v) is 15.6. The Labute approximate surface area is 155 Å². The average molecular weight is 384 g/mol. The van der Waals surface area contributed by atoms with E-state index in [4.69, 9.17) is 4.74 Å². The van der Waals surface area contributed by atoms with Crippen molar-refractivity contribution in [2.75, 3.05) is 13.1 Å². The number of hydrogen-bond donors (Lipinski definition) is 0. The zero-order chi connectivity index (χ0) is 19.8. The molecule has 2 aromatic rings. The van der Waals surface area contributed by atoms with Gasteiger partial charge in [0, 0.05) is 26.2 Å². The predicted octanol–water partition coefficient (Wildman–Crippen LogP) is 3.47. The fourth-order valence-electron chi connectivity index (χ4n) is 3.49. The van der Waals surface area contributed by atoms with Crippen LogP contribution in [-0.4, -0.2) is 44.8 Å². The molecule has 0 aliphatic carbocycles. The summed E-state index contributed by atoms with van der Waals surface area (Å²) in [5.74, 6) is -0.456. The molecule has 3 heterocycles. The molecule has 0 saturated carbocycles. The number of amides is 1. The van der Waals surface area contributed by atoms with Gasteiger partial charge in [0.2, 0.25) is 5.88 Å². The van der Waals surface area contributed by atoms with Gasteiger partial charge < -0.3 is 9.64 Å². The number of fused-ring (bicyclic) bond motifs is 1. The largest absolute Gasteiger partial charge is 0.464 e. The number of aromatic nitrogens is 3. The third kappa shape index (κ3) is 4.01. The van der Waals surface area contributed by atoms with Crippen molar-refractivity contribution in [3.8, 4) is 5.88 Å². The van der Waals surface area contributed by atoms with Crippen molar-refractivity contribution in [3.63, 3.8) is 0 Å². The Kier molecular flexibility index (Phi) is 5.30. The van der Waals surface area contributed by atoms with Crippen LogP contribution in [0.25, 0.3) is 11.0 Å². The minimum absolute atomic E-state index is 0.0520. The molecular formula is C18H23F3N4O2. The highest BCUT2D eigenvalue weighted by Crippen LogP contribution is 2.37. The van der Waals surface area contributed by atoms with Crippen molar-refractivity contribution in [1.82, 2.24) is 19.7 Å². The Balaban J connectivity index is 1.90. The van der Waals surface area contributed by atoms with E-state index in [9.17, 15) is 18.0 Å². The second-order valence-electron chi connectivity index (χ2n) is 6.91. The van der Waals surface area contributed by atoms with Crippen LogP contribution < -0.4 is 4.74 Å². The Bertz CT molecular complexity index is 839. The van der Waals surface area contributed by atoms with Gasteiger partial charge in [0.05, 0.1) is 16.6 Å². The van der Waals surface area contributed by atoms with E-state index < -0.39 is 17.8 Å². The summed E-state index contributed by atoms with van der Waals surface area (Å²) >= 11 is 0. The molecule has 0 spiro atoms. The maximum atomic E-state index is 13.5. The van der Waals surface area contributed by atoms with Crippen LogP contribution >= 0.6 is 0 Å². The van der Waals surface area contributed by atoms with E-state index in [2.05, 4.69) is 10.1 Å². The molecule has 1 aliphatic heterocycles. The predicted molar refractivity (Wildman–Crippen MR) is 93.4 cm³/mol. The second-order valence-corrected chi connectivity index (χ2v) is 6.91. The molecule has 1 aliphatic rings. The van der Waals surface area contributed by atoms with Crippen LogP contribution in [-0.2, 0) is 18.0 Å². The Morgan fingerprint density at radius 2 is 1.85 bits per heavy atom. The quantitative estimate of drug-likeness (QED) is 0.813. The van der Waals surface area contributed by atoms with E-state index in [0.717, 1.165) is 31.7 Å². The molecule has 148 valence electrons. The molecule has 0 N–H and O–H groups in total. The third-order valence-corrected chi connectivity index (χ3v) is 4.81. The van der Waals surface area contributed by atoms with E-state index >= 15 is 0 Å². The molecular weight excluding hydrogens is 361 g/mol. The van der Waals surface area contributed by atoms with Gasteiger partial charge in [-0.25, -0.2) is 0 Å². The summed E-state index contributed by atoms with van der Waals surface area (Å²) in [6, 6.07) is 0.850. The highest BCUT2D eigenvalue weighted by atomic mass is 19.4. The molecule has 0 unspecified atom stereocenters. The standard InChI is InChI=1S/C18H23F3N4O2/c1-11-15-13(18(19,20)21)10-14(22-16(15)24(3)23-11)27-12(2)17(26)25-8-6-4-5-7-9-25/h10,12H,4-9H2,1-3H3/t12-/m1/s1. The molecule has 1 fully saturated rings. The summed E-state index contributed by atoms with van der Waals surface area (Å²) in [5.41, 5.74) is -0.540. The molecule has 1 saturated heterocycles. The Morgan fingerprint density at radius 1 is 1.22 bits per heavy atom. The van der Waals surface area contributed by atoms with Crippen molar-refractivity contribution in [1.29, 1.82) is 0 Å². The van der Waals surface area contributed by atoms with Crippen molar-refractivity contribution >= 4 is 16.9 Å². The first-order valence-corrected chi connectivity index (χ1v) is 9.05. The number of rotatable bonds is 3. The molecule has 3 rings (SSSR count). The zero-order valence-electron chi connectivity index (χ0n) is 15.6. The normalized spacial score (nSPS) is 17.0. The lowest BCUT2D eigenvalue weighted by Crippen LogP contribution is -2.41. The molecule has 2 aromatic heterocycles. The van der Waals surface area contributed by atoms with Gasteiger partial charge in [-0.2, -0.15) is 23.3 Å². The van der Waals surface area contributed by atoms with Crippen molar-refractivity contribution < 1.29 is 22.7 Å². The van der Waals surface area contributed by atoms with Gasteiger partial charge in [-0.1, -0.05) is 12.8 Å².